The molecule has 80 valence electrons. The van der Waals surface area contributed by atoms with E-state index in [1.54, 1.807) is 0 Å². The van der Waals surface area contributed by atoms with Gasteiger partial charge in [0.1, 0.15) is 0 Å². The number of nitrogens with zero attached hydrogens (tertiary/aromatic N) is 1. The quantitative estimate of drug-likeness (QED) is 0.735. The van der Waals surface area contributed by atoms with Crippen molar-refractivity contribution in [2.24, 2.45) is 0 Å². The number of amides is 1. The van der Waals surface area contributed by atoms with Gasteiger partial charge in [-0.3, -0.25) is 9.63 Å². The Morgan fingerprint density at radius 3 is 2.73 bits per heavy atom. The van der Waals surface area contributed by atoms with Gasteiger partial charge in [0, 0.05) is 0 Å². The molecule has 0 bridgehead atoms. The van der Waals surface area contributed by atoms with Crippen LogP contribution in [0, 0.1) is 6.92 Å². The largest absolute Gasteiger partial charge is 0.272 e. The van der Waals surface area contributed by atoms with E-state index in [4.69, 9.17) is 4.84 Å². The summed E-state index contributed by atoms with van der Waals surface area (Å²) >= 11 is 0. The second kappa shape index (κ2) is 4.45. The lowest BCUT2D eigenvalue weighted by Gasteiger charge is -2.13. The average molecular weight is 205 g/mol. The minimum atomic E-state index is 0.0522. The van der Waals surface area contributed by atoms with Crippen LogP contribution in [0.1, 0.15) is 17.5 Å². The first-order valence-corrected chi connectivity index (χ1v) is 5.24. The van der Waals surface area contributed by atoms with Crippen LogP contribution in [-0.2, 0) is 16.1 Å². The number of carbonyl (C=O) groups excluding carboxylic acids is 1. The molecule has 0 aliphatic carbocycles. The fourth-order valence-electron chi connectivity index (χ4n) is 1.61. The molecule has 0 N–H and O–H groups in total. The number of hydroxylamine groups is 2. The van der Waals surface area contributed by atoms with Gasteiger partial charge in [-0.05, 0) is 18.9 Å². The highest BCUT2D eigenvalue weighted by molar-refractivity contribution is 5.77. The summed E-state index contributed by atoms with van der Waals surface area (Å²) in [6.07, 6.45) is 1.37. The third kappa shape index (κ3) is 2.57. The molecule has 0 radical (unpaired) electrons. The second-order valence-corrected chi connectivity index (χ2v) is 3.84. The summed E-state index contributed by atoms with van der Waals surface area (Å²) in [6.45, 7) is 3.43. The normalized spacial score (nSPS) is 15.7. The number of hydrogen-bond acceptors (Lipinski definition) is 2. The molecule has 0 spiro atoms. The molecular formula is C12H15NO2. The van der Waals surface area contributed by atoms with Crippen molar-refractivity contribution >= 4 is 5.91 Å². The van der Waals surface area contributed by atoms with E-state index >= 15 is 0 Å². The van der Waals surface area contributed by atoms with Gasteiger partial charge in [0.15, 0.2) is 0 Å². The van der Waals surface area contributed by atoms with E-state index in [9.17, 15) is 4.79 Å². The lowest BCUT2D eigenvalue weighted by Crippen LogP contribution is -2.27. The first kappa shape index (κ1) is 10.2. The highest BCUT2D eigenvalue weighted by atomic mass is 16.7. The number of carbonyl (C=O) groups is 1. The van der Waals surface area contributed by atoms with Crippen LogP contribution >= 0.6 is 0 Å². The van der Waals surface area contributed by atoms with E-state index in [0.717, 1.165) is 18.5 Å². The van der Waals surface area contributed by atoms with Gasteiger partial charge in [0.2, 0.25) is 0 Å². The van der Waals surface area contributed by atoms with Crippen molar-refractivity contribution in [1.82, 2.24) is 5.06 Å². The molecule has 0 aromatic heterocycles. The predicted octanol–water partition coefficient (Wildman–Crippen LogP) is 1.70. The Kier molecular flexibility index (Phi) is 3.02. The minimum Gasteiger partial charge on any atom is -0.272 e. The zero-order valence-electron chi connectivity index (χ0n) is 8.90. The van der Waals surface area contributed by atoms with Gasteiger partial charge in [0.25, 0.3) is 5.91 Å². The molecule has 1 aromatic rings. The lowest BCUT2D eigenvalue weighted by molar-refractivity contribution is -0.167. The maximum Gasteiger partial charge on any atom is 0.250 e. The Labute approximate surface area is 89.6 Å². The topological polar surface area (TPSA) is 29.5 Å². The van der Waals surface area contributed by atoms with Crippen LogP contribution in [0.4, 0.5) is 0 Å². The van der Waals surface area contributed by atoms with Crippen molar-refractivity contribution in [1.29, 1.82) is 0 Å². The summed E-state index contributed by atoms with van der Waals surface area (Å²) in [6, 6.07) is 8.02. The average Bonchev–Trinajstić information content (AvgIpc) is 2.74. The summed E-state index contributed by atoms with van der Waals surface area (Å²) in [5.74, 6) is 0.0522. The lowest BCUT2D eigenvalue weighted by atomic mass is 10.1. The van der Waals surface area contributed by atoms with E-state index in [1.807, 2.05) is 31.2 Å². The van der Waals surface area contributed by atoms with E-state index in [-0.39, 0.29) is 5.91 Å². The van der Waals surface area contributed by atoms with Crippen molar-refractivity contribution in [2.75, 3.05) is 13.2 Å². The Morgan fingerprint density at radius 2 is 2.13 bits per heavy atom. The zero-order chi connectivity index (χ0) is 10.7. The summed E-state index contributed by atoms with van der Waals surface area (Å²) in [5, 5.41) is 1.47. The smallest absolute Gasteiger partial charge is 0.250 e. The molecule has 1 saturated heterocycles. The summed E-state index contributed by atoms with van der Waals surface area (Å²) in [7, 11) is 0. The van der Waals surface area contributed by atoms with E-state index in [2.05, 4.69) is 0 Å². The standard InChI is InChI=1S/C12H15NO2/c1-10-3-5-11(6-4-10)9-12(14)13-7-2-8-15-13/h3-6H,2,7-9H2,1H3. The van der Waals surface area contributed by atoms with Crippen molar-refractivity contribution in [3.05, 3.63) is 35.4 Å². The van der Waals surface area contributed by atoms with Crippen LogP contribution in [0.5, 0.6) is 0 Å². The molecule has 15 heavy (non-hydrogen) atoms. The van der Waals surface area contributed by atoms with Crippen LogP contribution < -0.4 is 0 Å². The van der Waals surface area contributed by atoms with Crippen LogP contribution in [0.3, 0.4) is 0 Å². The summed E-state index contributed by atoms with van der Waals surface area (Å²) < 4.78 is 0. The highest BCUT2D eigenvalue weighted by Crippen LogP contribution is 2.09. The molecule has 0 unspecified atom stereocenters. The zero-order valence-corrected chi connectivity index (χ0v) is 8.90. The molecule has 1 fully saturated rings. The van der Waals surface area contributed by atoms with Crippen LogP contribution in [0.2, 0.25) is 0 Å². The first-order chi connectivity index (χ1) is 7.25. The molecule has 3 nitrogen and oxygen atoms in total. The highest BCUT2D eigenvalue weighted by Gasteiger charge is 2.18. The molecule has 1 aromatic carbocycles. The van der Waals surface area contributed by atoms with Crippen LogP contribution in [-0.4, -0.2) is 24.1 Å². The molecule has 2 rings (SSSR count). The van der Waals surface area contributed by atoms with Gasteiger partial charge in [-0.1, -0.05) is 29.8 Å². The second-order valence-electron chi connectivity index (χ2n) is 3.84. The van der Waals surface area contributed by atoms with Gasteiger partial charge in [-0.25, -0.2) is 5.06 Å². The van der Waals surface area contributed by atoms with Crippen LogP contribution in [0.25, 0.3) is 0 Å². The van der Waals surface area contributed by atoms with Crippen molar-refractivity contribution in [3.63, 3.8) is 0 Å². The molecule has 0 atom stereocenters. The molecule has 0 saturated carbocycles. The SMILES string of the molecule is Cc1ccc(CC(=O)N2CCCO2)cc1. The van der Waals surface area contributed by atoms with Gasteiger partial charge in [-0.2, -0.15) is 0 Å². The Balaban J connectivity index is 1.96. The number of hydrogen-bond donors (Lipinski definition) is 0. The maximum atomic E-state index is 11.7. The Bertz CT molecular complexity index is 339. The van der Waals surface area contributed by atoms with Crippen molar-refractivity contribution in [3.8, 4) is 0 Å². The van der Waals surface area contributed by atoms with Gasteiger partial charge < -0.3 is 0 Å². The summed E-state index contributed by atoms with van der Waals surface area (Å²) in [5.41, 5.74) is 2.25. The van der Waals surface area contributed by atoms with Gasteiger partial charge >= 0.3 is 0 Å². The summed E-state index contributed by atoms with van der Waals surface area (Å²) in [4.78, 5) is 16.9. The Morgan fingerprint density at radius 1 is 1.40 bits per heavy atom. The van der Waals surface area contributed by atoms with Crippen LogP contribution in [0.15, 0.2) is 24.3 Å². The van der Waals surface area contributed by atoms with Gasteiger partial charge in [-0.15, -0.1) is 0 Å². The fourth-order valence-corrected chi connectivity index (χ4v) is 1.61. The minimum absolute atomic E-state index is 0.0522. The third-order valence-corrected chi connectivity index (χ3v) is 2.51. The Hall–Kier alpha value is -1.35. The monoisotopic (exact) mass is 205 g/mol. The predicted molar refractivity (Wildman–Crippen MR) is 57.2 cm³/mol. The van der Waals surface area contributed by atoms with Gasteiger partial charge in [0.05, 0.1) is 19.6 Å². The molecule has 1 aliphatic rings. The van der Waals surface area contributed by atoms with E-state index in [1.165, 1.54) is 10.6 Å². The maximum absolute atomic E-state index is 11.7. The first-order valence-electron chi connectivity index (χ1n) is 5.24. The molecule has 1 heterocycles. The molecule has 1 aliphatic heterocycles. The molecule has 1 amide bonds. The van der Waals surface area contributed by atoms with Crippen molar-refractivity contribution in [2.45, 2.75) is 19.8 Å². The molecular weight excluding hydrogens is 190 g/mol. The number of aryl methyl sites for hydroxylation is 1. The fraction of sp³-hybridized carbons (Fsp3) is 0.417. The number of benzene rings is 1. The van der Waals surface area contributed by atoms with Crippen molar-refractivity contribution < 1.29 is 9.63 Å². The number of rotatable bonds is 2. The molecule has 3 heteroatoms. The van der Waals surface area contributed by atoms with E-state index in [0.29, 0.717) is 13.0 Å². The third-order valence-electron chi connectivity index (χ3n) is 2.51. The van der Waals surface area contributed by atoms with E-state index < -0.39 is 0 Å².